The second-order valence-corrected chi connectivity index (χ2v) is 8.01. The van der Waals surface area contributed by atoms with Gasteiger partial charge in [-0.15, -0.1) is 5.10 Å². The van der Waals surface area contributed by atoms with Crippen LogP contribution in [0.1, 0.15) is 33.1 Å². The maximum atomic E-state index is 13.8. The molecule has 1 N–H and O–H groups in total. The third-order valence-corrected chi connectivity index (χ3v) is 5.07. The van der Waals surface area contributed by atoms with Gasteiger partial charge in [-0.1, -0.05) is 32.4 Å². The standard InChI is InChI=1S/C23H25FN4O2/c1-15(2)14-30-23-26-21(17-7-4-8-18(24)13-17)28(27-23)20-11-9-19(10-12-20)25-22(29)16-5-3-6-16/h4,7-13,15-16H,3,5-6,14H2,1-2H3,(H,25,29). The Hall–Kier alpha value is -3.22. The van der Waals surface area contributed by atoms with Crippen LogP contribution in [0.25, 0.3) is 17.1 Å². The lowest BCUT2D eigenvalue weighted by Gasteiger charge is -2.24. The largest absolute Gasteiger partial charge is 0.462 e. The summed E-state index contributed by atoms with van der Waals surface area (Å²) in [5.41, 5.74) is 2.08. The van der Waals surface area contributed by atoms with E-state index in [9.17, 15) is 9.18 Å². The molecule has 4 rings (SSSR count). The molecule has 1 saturated carbocycles. The van der Waals surface area contributed by atoms with Crippen LogP contribution in [0.2, 0.25) is 0 Å². The first kappa shape index (κ1) is 20.1. The number of ether oxygens (including phenoxy) is 1. The van der Waals surface area contributed by atoms with E-state index in [0.29, 0.717) is 23.9 Å². The van der Waals surface area contributed by atoms with E-state index in [-0.39, 0.29) is 23.7 Å². The van der Waals surface area contributed by atoms with Crippen LogP contribution in [0.3, 0.4) is 0 Å². The summed E-state index contributed by atoms with van der Waals surface area (Å²) in [4.78, 5) is 16.6. The van der Waals surface area contributed by atoms with Gasteiger partial charge in [-0.25, -0.2) is 9.07 Å². The lowest BCUT2D eigenvalue weighted by Crippen LogP contribution is -2.27. The van der Waals surface area contributed by atoms with Gasteiger partial charge in [0.15, 0.2) is 5.82 Å². The number of hydrogen-bond acceptors (Lipinski definition) is 4. The number of anilines is 1. The molecule has 1 aliphatic carbocycles. The van der Waals surface area contributed by atoms with Crippen molar-refractivity contribution in [3.8, 4) is 23.1 Å². The van der Waals surface area contributed by atoms with Gasteiger partial charge >= 0.3 is 6.01 Å². The fourth-order valence-corrected chi connectivity index (χ4v) is 3.19. The summed E-state index contributed by atoms with van der Waals surface area (Å²) in [6.07, 6.45) is 3.03. The van der Waals surface area contributed by atoms with Crippen LogP contribution < -0.4 is 10.1 Å². The normalized spacial score (nSPS) is 13.9. The highest BCUT2D eigenvalue weighted by molar-refractivity contribution is 5.93. The van der Waals surface area contributed by atoms with Gasteiger partial charge in [0.1, 0.15) is 5.82 Å². The number of rotatable bonds is 7. The van der Waals surface area contributed by atoms with Crippen molar-refractivity contribution < 1.29 is 13.9 Å². The fraction of sp³-hybridized carbons (Fsp3) is 0.348. The molecular weight excluding hydrogens is 383 g/mol. The van der Waals surface area contributed by atoms with E-state index in [0.717, 1.165) is 30.6 Å². The van der Waals surface area contributed by atoms with Gasteiger partial charge in [-0.2, -0.15) is 4.98 Å². The lowest BCUT2D eigenvalue weighted by atomic mass is 9.85. The zero-order valence-corrected chi connectivity index (χ0v) is 17.1. The molecule has 7 heteroatoms. The predicted molar refractivity (Wildman–Crippen MR) is 113 cm³/mol. The van der Waals surface area contributed by atoms with Crippen LogP contribution >= 0.6 is 0 Å². The quantitative estimate of drug-likeness (QED) is 0.607. The Morgan fingerprint density at radius 3 is 2.63 bits per heavy atom. The highest BCUT2D eigenvalue weighted by Crippen LogP contribution is 2.28. The highest BCUT2D eigenvalue weighted by Gasteiger charge is 2.25. The number of nitrogens with one attached hydrogen (secondary N) is 1. The van der Waals surface area contributed by atoms with E-state index in [1.807, 2.05) is 38.1 Å². The summed E-state index contributed by atoms with van der Waals surface area (Å²) in [6.45, 7) is 4.57. The molecule has 1 aliphatic rings. The van der Waals surface area contributed by atoms with Gasteiger partial charge in [0.25, 0.3) is 0 Å². The average molecular weight is 408 g/mol. The fourth-order valence-electron chi connectivity index (χ4n) is 3.19. The van der Waals surface area contributed by atoms with Crippen LogP contribution in [0.5, 0.6) is 6.01 Å². The monoisotopic (exact) mass is 408 g/mol. The SMILES string of the molecule is CC(C)COc1nc(-c2cccc(F)c2)n(-c2ccc(NC(=O)C3CCC3)cc2)n1. The molecule has 0 unspecified atom stereocenters. The molecule has 0 aliphatic heterocycles. The summed E-state index contributed by atoms with van der Waals surface area (Å²) < 4.78 is 21.1. The number of nitrogens with zero attached hydrogens (tertiary/aromatic N) is 3. The van der Waals surface area contributed by atoms with Crippen molar-refractivity contribution in [3.05, 3.63) is 54.3 Å². The van der Waals surface area contributed by atoms with Gasteiger partial charge in [0, 0.05) is 17.2 Å². The van der Waals surface area contributed by atoms with Crippen LogP contribution in [0.4, 0.5) is 10.1 Å². The summed E-state index contributed by atoms with van der Waals surface area (Å²) in [7, 11) is 0. The van der Waals surface area contributed by atoms with Crippen molar-refractivity contribution in [2.24, 2.45) is 11.8 Å². The van der Waals surface area contributed by atoms with Crippen LogP contribution in [-0.4, -0.2) is 27.3 Å². The smallest absolute Gasteiger partial charge is 0.336 e. The van der Waals surface area contributed by atoms with Crippen LogP contribution in [-0.2, 0) is 4.79 Å². The first-order valence-electron chi connectivity index (χ1n) is 10.3. The molecule has 1 fully saturated rings. The molecule has 3 aromatic rings. The molecule has 0 saturated heterocycles. The Morgan fingerprint density at radius 1 is 1.23 bits per heavy atom. The summed E-state index contributed by atoms with van der Waals surface area (Å²) in [5.74, 6) is 0.660. The minimum atomic E-state index is -0.347. The van der Waals surface area contributed by atoms with Gasteiger partial charge in [0.05, 0.1) is 12.3 Å². The number of carbonyl (C=O) groups excluding carboxylic acids is 1. The molecule has 1 aromatic heterocycles. The van der Waals surface area contributed by atoms with E-state index < -0.39 is 0 Å². The van der Waals surface area contributed by atoms with E-state index in [1.165, 1.54) is 12.1 Å². The van der Waals surface area contributed by atoms with Crippen molar-refractivity contribution in [1.82, 2.24) is 14.8 Å². The zero-order valence-electron chi connectivity index (χ0n) is 17.1. The van der Waals surface area contributed by atoms with Gasteiger partial charge < -0.3 is 10.1 Å². The number of halogens is 1. The molecule has 0 bridgehead atoms. The van der Waals surface area contributed by atoms with Crippen molar-refractivity contribution in [1.29, 1.82) is 0 Å². The lowest BCUT2D eigenvalue weighted by molar-refractivity contribution is -0.122. The van der Waals surface area contributed by atoms with E-state index >= 15 is 0 Å². The molecule has 30 heavy (non-hydrogen) atoms. The third-order valence-electron chi connectivity index (χ3n) is 5.07. The maximum absolute atomic E-state index is 13.8. The first-order chi connectivity index (χ1) is 14.5. The summed E-state index contributed by atoms with van der Waals surface area (Å²) >= 11 is 0. The topological polar surface area (TPSA) is 69.0 Å². The molecule has 2 aromatic carbocycles. The summed E-state index contributed by atoms with van der Waals surface area (Å²) in [6, 6.07) is 13.8. The van der Waals surface area contributed by atoms with Gasteiger partial charge in [-0.3, -0.25) is 4.79 Å². The van der Waals surface area contributed by atoms with Crippen molar-refractivity contribution >= 4 is 11.6 Å². The molecule has 0 radical (unpaired) electrons. The molecule has 156 valence electrons. The number of amides is 1. The summed E-state index contributed by atoms with van der Waals surface area (Å²) in [5, 5.41) is 7.43. The predicted octanol–water partition coefficient (Wildman–Crippen LogP) is 4.85. The van der Waals surface area contributed by atoms with Crippen molar-refractivity contribution in [2.45, 2.75) is 33.1 Å². The first-order valence-corrected chi connectivity index (χ1v) is 10.3. The number of hydrogen-bond donors (Lipinski definition) is 1. The molecular formula is C23H25FN4O2. The van der Waals surface area contributed by atoms with Crippen LogP contribution in [0.15, 0.2) is 48.5 Å². The minimum Gasteiger partial charge on any atom is -0.462 e. The Kier molecular flexibility index (Phi) is 5.79. The number of aromatic nitrogens is 3. The van der Waals surface area contributed by atoms with Crippen LogP contribution in [0, 0.1) is 17.7 Å². The van der Waals surface area contributed by atoms with Gasteiger partial charge in [-0.05, 0) is 55.2 Å². The molecule has 1 heterocycles. The number of benzene rings is 2. The van der Waals surface area contributed by atoms with E-state index in [1.54, 1.807) is 16.8 Å². The Bertz CT molecular complexity index is 1030. The Labute approximate surface area is 175 Å². The van der Waals surface area contributed by atoms with E-state index in [2.05, 4.69) is 15.4 Å². The average Bonchev–Trinajstić information content (AvgIpc) is 3.10. The second kappa shape index (κ2) is 8.65. The second-order valence-electron chi connectivity index (χ2n) is 8.01. The molecule has 0 atom stereocenters. The van der Waals surface area contributed by atoms with E-state index in [4.69, 9.17) is 4.74 Å². The highest BCUT2D eigenvalue weighted by atomic mass is 19.1. The Balaban J connectivity index is 1.61. The molecule has 0 spiro atoms. The molecule has 1 amide bonds. The number of carbonyl (C=O) groups is 1. The minimum absolute atomic E-state index is 0.0691. The van der Waals surface area contributed by atoms with Gasteiger partial charge in [0.2, 0.25) is 5.91 Å². The molecule has 6 nitrogen and oxygen atoms in total. The maximum Gasteiger partial charge on any atom is 0.336 e. The van der Waals surface area contributed by atoms with Crippen molar-refractivity contribution in [2.75, 3.05) is 11.9 Å². The third kappa shape index (κ3) is 4.50. The Morgan fingerprint density at radius 2 is 2.00 bits per heavy atom. The zero-order chi connectivity index (χ0) is 21.1. The van der Waals surface area contributed by atoms with Crippen molar-refractivity contribution in [3.63, 3.8) is 0 Å².